The molecule has 1 heterocycles. The van der Waals surface area contributed by atoms with Gasteiger partial charge in [-0.3, -0.25) is 0 Å². The van der Waals surface area contributed by atoms with E-state index in [1.54, 1.807) is 0 Å². The number of nitrogens with zero attached hydrogens (tertiary/aromatic N) is 1. The first kappa shape index (κ1) is 13.7. The molecule has 2 atom stereocenters. The van der Waals surface area contributed by atoms with Crippen molar-refractivity contribution in [1.82, 2.24) is 4.90 Å². The highest BCUT2D eigenvalue weighted by atomic mass is 32.2. The summed E-state index contributed by atoms with van der Waals surface area (Å²) in [4.78, 5) is 2.47. The Labute approximate surface area is 111 Å². The largest absolute Gasteiger partial charge is 0.326 e. The zero-order valence-corrected chi connectivity index (χ0v) is 12.1. The van der Waals surface area contributed by atoms with Gasteiger partial charge < -0.3 is 10.6 Å². The van der Waals surface area contributed by atoms with Crippen LogP contribution < -0.4 is 5.73 Å². The summed E-state index contributed by atoms with van der Waals surface area (Å²) in [6, 6.07) is 1.02. The second kappa shape index (κ2) is 7.01. The topological polar surface area (TPSA) is 29.3 Å². The maximum atomic E-state index is 6.40. The van der Waals surface area contributed by atoms with Gasteiger partial charge in [-0.15, -0.1) is 0 Å². The van der Waals surface area contributed by atoms with E-state index in [2.05, 4.69) is 23.7 Å². The molecule has 2 aliphatic rings. The Morgan fingerprint density at radius 3 is 2.76 bits per heavy atom. The number of thioether (sulfide) groups is 1. The zero-order chi connectivity index (χ0) is 12.1. The molecular formula is C14H28N2S. The van der Waals surface area contributed by atoms with Gasteiger partial charge in [0.2, 0.25) is 0 Å². The minimum absolute atomic E-state index is 0.398. The van der Waals surface area contributed by atoms with E-state index < -0.39 is 0 Å². The van der Waals surface area contributed by atoms with E-state index in [1.807, 2.05) is 0 Å². The van der Waals surface area contributed by atoms with E-state index in [9.17, 15) is 0 Å². The molecule has 1 saturated carbocycles. The van der Waals surface area contributed by atoms with Crippen molar-refractivity contribution in [3.63, 3.8) is 0 Å². The number of hydrogen-bond acceptors (Lipinski definition) is 3. The standard InChI is InChI=1S/C14H28N2S/c1-16-9-10-17-11-14(16)13(15)8-7-12-5-3-2-4-6-12/h12-14H,2-11,15H2,1H3. The maximum absolute atomic E-state index is 6.40. The first-order chi connectivity index (χ1) is 8.27. The molecule has 100 valence electrons. The lowest BCUT2D eigenvalue weighted by molar-refractivity contribution is 0.218. The van der Waals surface area contributed by atoms with Crippen molar-refractivity contribution in [2.24, 2.45) is 11.7 Å². The lowest BCUT2D eigenvalue weighted by Crippen LogP contribution is -2.50. The van der Waals surface area contributed by atoms with Crippen LogP contribution in [0.3, 0.4) is 0 Å². The van der Waals surface area contributed by atoms with Crippen LogP contribution in [0.25, 0.3) is 0 Å². The van der Waals surface area contributed by atoms with Crippen LogP contribution in [-0.2, 0) is 0 Å². The van der Waals surface area contributed by atoms with Crippen LogP contribution in [0, 0.1) is 5.92 Å². The maximum Gasteiger partial charge on any atom is 0.0335 e. The second-order valence-electron chi connectivity index (χ2n) is 5.87. The Bertz CT molecular complexity index is 216. The molecule has 1 aliphatic heterocycles. The van der Waals surface area contributed by atoms with Crippen LogP contribution in [0.5, 0.6) is 0 Å². The van der Waals surface area contributed by atoms with Crippen LogP contribution in [0.4, 0.5) is 0 Å². The van der Waals surface area contributed by atoms with Crippen molar-refractivity contribution in [3.05, 3.63) is 0 Å². The molecular weight excluding hydrogens is 228 g/mol. The average molecular weight is 256 g/mol. The molecule has 17 heavy (non-hydrogen) atoms. The van der Waals surface area contributed by atoms with Gasteiger partial charge in [-0.1, -0.05) is 32.1 Å². The van der Waals surface area contributed by atoms with Crippen molar-refractivity contribution in [3.8, 4) is 0 Å². The minimum atomic E-state index is 0.398. The molecule has 0 spiro atoms. The van der Waals surface area contributed by atoms with E-state index >= 15 is 0 Å². The summed E-state index contributed by atoms with van der Waals surface area (Å²) in [5.74, 6) is 3.50. The Balaban J connectivity index is 1.70. The molecule has 0 aromatic heterocycles. The number of hydrogen-bond donors (Lipinski definition) is 1. The molecule has 0 aromatic rings. The van der Waals surface area contributed by atoms with Gasteiger partial charge in [0.25, 0.3) is 0 Å². The van der Waals surface area contributed by atoms with Crippen LogP contribution >= 0.6 is 11.8 Å². The molecule has 1 saturated heterocycles. The highest BCUT2D eigenvalue weighted by Gasteiger charge is 2.26. The summed E-state index contributed by atoms with van der Waals surface area (Å²) < 4.78 is 0. The molecule has 2 rings (SSSR count). The summed E-state index contributed by atoms with van der Waals surface area (Å²) >= 11 is 2.07. The van der Waals surface area contributed by atoms with Crippen molar-refractivity contribution >= 4 is 11.8 Å². The van der Waals surface area contributed by atoms with Crippen molar-refractivity contribution in [2.75, 3.05) is 25.1 Å². The molecule has 0 bridgehead atoms. The first-order valence-corrected chi connectivity index (χ1v) is 8.46. The fourth-order valence-corrected chi connectivity index (χ4v) is 4.58. The van der Waals surface area contributed by atoms with Gasteiger partial charge in [0.1, 0.15) is 0 Å². The molecule has 2 fully saturated rings. The lowest BCUT2D eigenvalue weighted by Gasteiger charge is -2.36. The third-order valence-electron chi connectivity index (χ3n) is 4.57. The van der Waals surface area contributed by atoms with Crippen LogP contribution in [0.15, 0.2) is 0 Å². The second-order valence-corrected chi connectivity index (χ2v) is 7.02. The molecule has 2 nitrogen and oxygen atoms in total. The normalized spacial score (nSPS) is 30.4. The van der Waals surface area contributed by atoms with E-state index in [0.717, 1.165) is 5.92 Å². The SMILES string of the molecule is CN1CCSCC1C(N)CCC1CCCCC1. The van der Waals surface area contributed by atoms with Crippen molar-refractivity contribution < 1.29 is 0 Å². The fourth-order valence-electron chi connectivity index (χ4n) is 3.25. The Kier molecular flexibility index (Phi) is 5.64. The monoisotopic (exact) mass is 256 g/mol. The van der Waals surface area contributed by atoms with E-state index in [0.29, 0.717) is 12.1 Å². The Morgan fingerprint density at radius 2 is 2.06 bits per heavy atom. The van der Waals surface area contributed by atoms with E-state index in [-0.39, 0.29) is 0 Å². The molecule has 0 amide bonds. The molecule has 2 N–H and O–H groups in total. The molecule has 0 radical (unpaired) electrons. The average Bonchev–Trinajstić information content (AvgIpc) is 2.38. The molecule has 1 aliphatic carbocycles. The minimum Gasteiger partial charge on any atom is -0.326 e. The van der Waals surface area contributed by atoms with Gasteiger partial charge in [0, 0.05) is 30.1 Å². The quantitative estimate of drug-likeness (QED) is 0.838. The van der Waals surface area contributed by atoms with Gasteiger partial charge in [0.05, 0.1) is 0 Å². The van der Waals surface area contributed by atoms with E-state index in [1.165, 1.54) is 63.0 Å². The third kappa shape index (κ3) is 4.15. The predicted octanol–water partition coefficient (Wildman–Crippen LogP) is 2.72. The van der Waals surface area contributed by atoms with Crippen LogP contribution in [-0.4, -0.2) is 42.1 Å². The highest BCUT2D eigenvalue weighted by molar-refractivity contribution is 7.99. The van der Waals surface area contributed by atoms with Gasteiger partial charge >= 0.3 is 0 Å². The number of rotatable bonds is 4. The van der Waals surface area contributed by atoms with Crippen molar-refractivity contribution in [2.45, 2.75) is 57.0 Å². The first-order valence-electron chi connectivity index (χ1n) is 7.31. The van der Waals surface area contributed by atoms with Gasteiger partial charge in [0.15, 0.2) is 0 Å². The Morgan fingerprint density at radius 1 is 1.29 bits per heavy atom. The number of likely N-dealkylation sites (N-methyl/N-ethyl adjacent to an activating group) is 1. The van der Waals surface area contributed by atoms with Crippen LogP contribution in [0.2, 0.25) is 0 Å². The molecule has 3 heteroatoms. The molecule has 0 aromatic carbocycles. The fraction of sp³-hybridized carbons (Fsp3) is 1.00. The predicted molar refractivity (Wildman–Crippen MR) is 77.5 cm³/mol. The molecule has 2 unspecified atom stereocenters. The summed E-state index contributed by atoms with van der Waals surface area (Å²) in [7, 11) is 2.24. The smallest absolute Gasteiger partial charge is 0.0335 e. The summed E-state index contributed by atoms with van der Waals surface area (Å²) in [5.41, 5.74) is 6.40. The summed E-state index contributed by atoms with van der Waals surface area (Å²) in [6.45, 7) is 1.21. The number of nitrogens with two attached hydrogens (primary N) is 1. The Hall–Kier alpha value is 0.270. The van der Waals surface area contributed by atoms with Crippen molar-refractivity contribution in [1.29, 1.82) is 0 Å². The highest BCUT2D eigenvalue weighted by Crippen LogP contribution is 2.28. The zero-order valence-electron chi connectivity index (χ0n) is 11.2. The van der Waals surface area contributed by atoms with Gasteiger partial charge in [-0.05, 0) is 25.8 Å². The van der Waals surface area contributed by atoms with Crippen LogP contribution in [0.1, 0.15) is 44.9 Å². The van der Waals surface area contributed by atoms with E-state index in [4.69, 9.17) is 5.73 Å². The third-order valence-corrected chi connectivity index (χ3v) is 5.62. The van der Waals surface area contributed by atoms with Gasteiger partial charge in [-0.2, -0.15) is 11.8 Å². The van der Waals surface area contributed by atoms with Gasteiger partial charge in [-0.25, -0.2) is 0 Å². The lowest BCUT2D eigenvalue weighted by atomic mass is 9.84. The summed E-state index contributed by atoms with van der Waals surface area (Å²) in [6.07, 6.45) is 9.91. The summed E-state index contributed by atoms with van der Waals surface area (Å²) in [5, 5.41) is 0.